The lowest BCUT2D eigenvalue weighted by Gasteiger charge is -2.10. The van der Waals surface area contributed by atoms with Crippen LogP contribution in [-0.2, 0) is 21.4 Å². The number of anilines is 1. The van der Waals surface area contributed by atoms with Gasteiger partial charge in [-0.15, -0.1) is 0 Å². The molecule has 0 saturated carbocycles. The Hall–Kier alpha value is -1.89. The van der Waals surface area contributed by atoms with Gasteiger partial charge in [0.25, 0.3) is 5.91 Å². The molecule has 0 spiro atoms. The summed E-state index contributed by atoms with van der Waals surface area (Å²) in [7, 11) is 1.76. The van der Waals surface area contributed by atoms with E-state index in [9.17, 15) is 9.59 Å². The average Bonchev–Trinajstić information content (AvgIpc) is 2.86. The summed E-state index contributed by atoms with van der Waals surface area (Å²) >= 11 is 0. The second-order valence-corrected chi connectivity index (χ2v) is 4.32. The Morgan fingerprint density at radius 3 is 2.67 bits per heavy atom. The molecule has 2 N–H and O–H groups in total. The van der Waals surface area contributed by atoms with E-state index in [1.54, 1.807) is 24.9 Å². The van der Waals surface area contributed by atoms with E-state index in [-0.39, 0.29) is 5.91 Å². The predicted octanol–water partition coefficient (Wildman–Crippen LogP) is 0.299. The number of ether oxygens (including phenoxy) is 1. The number of carboxylic acid groups (broad SMARTS) is 1. The summed E-state index contributed by atoms with van der Waals surface area (Å²) in [6.07, 6.45) is 0.889. The van der Waals surface area contributed by atoms with Crippen LogP contribution in [-0.4, -0.2) is 39.0 Å². The molecular weight excluding hydrogens is 238 g/mol. The molecule has 7 heteroatoms. The van der Waals surface area contributed by atoms with E-state index in [4.69, 9.17) is 9.84 Å². The van der Waals surface area contributed by atoms with Crippen molar-refractivity contribution in [3.05, 3.63) is 11.9 Å². The van der Waals surface area contributed by atoms with Gasteiger partial charge in [0.2, 0.25) is 0 Å². The molecule has 1 amide bonds. The Kier molecular flexibility index (Phi) is 3.33. The summed E-state index contributed by atoms with van der Waals surface area (Å²) < 4.78 is 6.76. The van der Waals surface area contributed by atoms with E-state index in [0.29, 0.717) is 24.2 Å². The number of aliphatic carboxylic acids is 1. The fourth-order valence-electron chi connectivity index (χ4n) is 1.95. The smallest absolute Gasteiger partial charge is 0.332 e. The minimum Gasteiger partial charge on any atom is -0.479 e. The highest BCUT2D eigenvalue weighted by atomic mass is 16.5. The number of amides is 1. The van der Waals surface area contributed by atoms with E-state index in [1.165, 1.54) is 0 Å². The molecule has 0 aromatic carbocycles. The van der Waals surface area contributed by atoms with Gasteiger partial charge in [-0.2, -0.15) is 5.10 Å². The van der Waals surface area contributed by atoms with Gasteiger partial charge in [0.05, 0.1) is 11.4 Å². The van der Waals surface area contributed by atoms with Crippen molar-refractivity contribution in [1.29, 1.82) is 0 Å². The molecule has 0 aliphatic carbocycles. The van der Waals surface area contributed by atoms with Crippen LogP contribution >= 0.6 is 0 Å². The number of carbonyl (C=O) groups excluding carboxylic acids is 1. The standard InChI is InChI=1S/C11H15N3O4/c1-6-7(5-14(2)13-6)12-10(15)8-3-4-9(18-8)11(16)17/h5,8-9H,3-4H2,1-2H3,(H,12,15)(H,16,17). The molecular formula is C11H15N3O4. The van der Waals surface area contributed by atoms with E-state index in [1.807, 2.05) is 0 Å². The Balaban J connectivity index is 1.97. The first-order chi connectivity index (χ1) is 8.47. The number of carboxylic acids is 1. The number of hydrogen-bond donors (Lipinski definition) is 2. The van der Waals surface area contributed by atoms with Gasteiger partial charge in [0.1, 0.15) is 6.10 Å². The molecule has 1 aromatic heterocycles. The summed E-state index contributed by atoms with van der Waals surface area (Å²) in [5.74, 6) is -1.35. The molecule has 1 saturated heterocycles. The predicted molar refractivity (Wildman–Crippen MR) is 62.1 cm³/mol. The zero-order valence-electron chi connectivity index (χ0n) is 10.2. The molecule has 7 nitrogen and oxygen atoms in total. The van der Waals surface area contributed by atoms with Crippen molar-refractivity contribution in [1.82, 2.24) is 9.78 Å². The van der Waals surface area contributed by atoms with Gasteiger partial charge in [-0.05, 0) is 19.8 Å². The molecule has 2 rings (SSSR count). The quantitative estimate of drug-likeness (QED) is 0.808. The van der Waals surface area contributed by atoms with Gasteiger partial charge in [-0.25, -0.2) is 4.79 Å². The maximum absolute atomic E-state index is 11.9. The Morgan fingerprint density at radius 1 is 1.50 bits per heavy atom. The lowest BCUT2D eigenvalue weighted by atomic mass is 10.2. The van der Waals surface area contributed by atoms with Gasteiger partial charge >= 0.3 is 5.97 Å². The summed E-state index contributed by atoms with van der Waals surface area (Å²) in [5.41, 5.74) is 1.32. The van der Waals surface area contributed by atoms with Crippen LogP contribution in [0, 0.1) is 6.92 Å². The Labute approximate surface area is 104 Å². The van der Waals surface area contributed by atoms with Crippen molar-refractivity contribution < 1.29 is 19.4 Å². The van der Waals surface area contributed by atoms with Crippen LogP contribution in [0.2, 0.25) is 0 Å². The van der Waals surface area contributed by atoms with Crippen LogP contribution in [0.25, 0.3) is 0 Å². The van der Waals surface area contributed by atoms with E-state index in [0.717, 1.165) is 0 Å². The molecule has 18 heavy (non-hydrogen) atoms. The highest BCUT2D eigenvalue weighted by molar-refractivity contribution is 5.95. The first-order valence-corrected chi connectivity index (χ1v) is 5.66. The Morgan fingerprint density at radius 2 is 2.17 bits per heavy atom. The maximum Gasteiger partial charge on any atom is 0.332 e. The summed E-state index contributed by atoms with van der Waals surface area (Å²) in [5, 5.41) is 15.6. The molecule has 2 heterocycles. The topological polar surface area (TPSA) is 93.5 Å². The molecule has 98 valence electrons. The number of carbonyl (C=O) groups is 2. The normalized spacial score (nSPS) is 23.0. The van der Waals surface area contributed by atoms with Crippen LogP contribution in [0.1, 0.15) is 18.5 Å². The number of rotatable bonds is 3. The van der Waals surface area contributed by atoms with Gasteiger partial charge in [0.15, 0.2) is 6.10 Å². The van der Waals surface area contributed by atoms with E-state index in [2.05, 4.69) is 10.4 Å². The van der Waals surface area contributed by atoms with Crippen molar-refractivity contribution in [2.75, 3.05) is 5.32 Å². The van der Waals surface area contributed by atoms with Crippen LogP contribution in [0.5, 0.6) is 0 Å². The molecule has 2 atom stereocenters. The van der Waals surface area contributed by atoms with Crippen molar-refractivity contribution in [3.8, 4) is 0 Å². The molecule has 0 bridgehead atoms. The lowest BCUT2D eigenvalue weighted by molar-refractivity contribution is -0.150. The van der Waals surface area contributed by atoms with Gasteiger partial charge in [-0.1, -0.05) is 0 Å². The number of aromatic nitrogens is 2. The largest absolute Gasteiger partial charge is 0.479 e. The zero-order chi connectivity index (χ0) is 13.3. The van der Waals surface area contributed by atoms with E-state index < -0.39 is 18.2 Å². The zero-order valence-corrected chi connectivity index (χ0v) is 10.2. The summed E-state index contributed by atoms with van der Waals surface area (Å²) in [6.45, 7) is 1.78. The number of aryl methyl sites for hydroxylation is 2. The van der Waals surface area contributed by atoms with Crippen molar-refractivity contribution in [2.24, 2.45) is 7.05 Å². The Bertz CT molecular complexity index is 483. The molecule has 1 aliphatic heterocycles. The van der Waals surface area contributed by atoms with Crippen LogP contribution < -0.4 is 5.32 Å². The minimum absolute atomic E-state index is 0.324. The lowest BCUT2D eigenvalue weighted by Crippen LogP contribution is -2.30. The first kappa shape index (κ1) is 12.6. The third-order valence-electron chi connectivity index (χ3n) is 2.86. The van der Waals surface area contributed by atoms with Crippen LogP contribution in [0.3, 0.4) is 0 Å². The van der Waals surface area contributed by atoms with E-state index >= 15 is 0 Å². The van der Waals surface area contributed by atoms with Crippen molar-refractivity contribution in [2.45, 2.75) is 32.0 Å². The second kappa shape index (κ2) is 4.77. The van der Waals surface area contributed by atoms with Gasteiger partial charge in [0, 0.05) is 13.2 Å². The number of hydrogen-bond acceptors (Lipinski definition) is 4. The van der Waals surface area contributed by atoms with Crippen LogP contribution in [0.15, 0.2) is 6.20 Å². The van der Waals surface area contributed by atoms with Gasteiger partial charge in [-0.3, -0.25) is 9.48 Å². The summed E-state index contributed by atoms with van der Waals surface area (Å²) in [4.78, 5) is 22.6. The molecule has 0 radical (unpaired) electrons. The fraction of sp³-hybridized carbons (Fsp3) is 0.545. The van der Waals surface area contributed by atoms with Crippen LogP contribution in [0.4, 0.5) is 5.69 Å². The number of nitrogens with one attached hydrogen (secondary N) is 1. The molecule has 1 fully saturated rings. The van der Waals surface area contributed by atoms with Crippen molar-refractivity contribution in [3.63, 3.8) is 0 Å². The SMILES string of the molecule is Cc1nn(C)cc1NC(=O)C1CCC(C(=O)O)O1. The third-order valence-corrected chi connectivity index (χ3v) is 2.86. The molecule has 1 aromatic rings. The first-order valence-electron chi connectivity index (χ1n) is 5.66. The highest BCUT2D eigenvalue weighted by Gasteiger charge is 2.34. The maximum atomic E-state index is 11.9. The average molecular weight is 253 g/mol. The minimum atomic E-state index is -1.03. The highest BCUT2D eigenvalue weighted by Crippen LogP contribution is 2.22. The second-order valence-electron chi connectivity index (χ2n) is 4.32. The monoisotopic (exact) mass is 253 g/mol. The number of nitrogens with zero attached hydrogens (tertiary/aromatic N) is 2. The fourth-order valence-corrected chi connectivity index (χ4v) is 1.95. The van der Waals surface area contributed by atoms with Crippen molar-refractivity contribution >= 4 is 17.6 Å². The third kappa shape index (κ3) is 2.51. The van der Waals surface area contributed by atoms with Gasteiger partial charge < -0.3 is 15.2 Å². The molecule has 2 unspecified atom stereocenters. The summed E-state index contributed by atoms with van der Waals surface area (Å²) in [6, 6.07) is 0. The molecule has 1 aliphatic rings.